The van der Waals surface area contributed by atoms with Gasteiger partial charge in [0.2, 0.25) is 0 Å². The van der Waals surface area contributed by atoms with Crippen LogP contribution >= 0.6 is 0 Å². The van der Waals surface area contributed by atoms with Gasteiger partial charge in [0, 0.05) is 6.42 Å². The minimum Gasteiger partial charge on any atom is -0.430 e. The van der Waals surface area contributed by atoms with Gasteiger partial charge in [0.15, 0.2) is 0 Å². The first-order valence-electron chi connectivity index (χ1n) is 5.65. The lowest BCUT2D eigenvalue weighted by atomic mass is 10.0. The smallest absolute Gasteiger partial charge is 0.430 e. The van der Waals surface area contributed by atoms with Gasteiger partial charge in [0.25, 0.3) is 0 Å². The Balaban J connectivity index is 2.12. The van der Waals surface area contributed by atoms with Gasteiger partial charge in [0.05, 0.1) is 0 Å². The van der Waals surface area contributed by atoms with Crippen LogP contribution in [-0.2, 0) is 15.9 Å². The Labute approximate surface area is 110 Å². The maximum atomic E-state index is 10.8. The summed E-state index contributed by atoms with van der Waals surface area (Å²) < 4.78 is 9.66. The van der Waals surface area contributed by atoms with Gasteiger partial charge in [-0.3, -0.25) is 0 Å². The molecule has 5 nitrogen and oxygen atoms in total. The molecule has 0 amide bonds. The summed E-state index contributed by atoms with van der Waals surface area (Å²) in [6.07, 6.45) is 1.14. The van der Waals surface area contributed by atoms with Crippen molar-refractivity contribution in [1.82, 2.24) is 0 Å². The molecule has 0 N–H and O–H groups in total. The fraction of sp³-hybridized carbons (Fsp3) is 0.214. The highest BCUT2D eigenvalue weighted by molar-refractivity contribution is 5.63. The van der Waals surface area contributed by atoms with Crippen LogP contribution in [0.3, 0.4) is 0 Å². The van der Waals surface area contributed by atoms with Gasteiger partial charge in [-0.1, -0.05) is 24.3 Å². The zero-order chi connectivity index (χ0) is 13.7. The summed E-state index contributed by atoms with van der Waals surface area (Å²) in [5, 5.41) is 17.4. The molecule has 1 aliphatic rings. The molecule has 0 aromatic heterocycles. The molecule has 1 heterocycles. The first-order valence-corrected chi connectivity index (χ1v) is 5.65. The Morgan fingerprint density at radius 2 is 2.21 bits per heavy atom. The second kappa shape index (κ2) is 5.70. The number of nitriles is 2. The molecule has 0 aliphatic carbocycles. The third kappa shape index (κ3) is 3.34. The average Bonchev–Trinajstić information content (AvgIpc) is 2.82. The van der Waals surface area contributed by atoms with Crippen LogP contribution in [0.4, 0.5) is 4.79 Å². The molecule has 1 saturated heterocycles. The highest BCUT2D eigenvalue weighted by atomic mass is 16.8. The Hall–Kier alpha value is -2.79. The third-order valence-electron chi connectivity index (χ3n) is 2.62. The van der Waals surface area contributed by atoms with Crippen molar-refractivity contribution in [1.29, 1.82) is 10.5 Å². The summed E-state index contributed by atoms with van der Waals surface area (Å²) >= 11 is 0. The molecule has 0 saturated carbocycles. The maximum absolute atomic E-state index is 10.8. The van der Waals surface area contributed by atoms with Gasteiger partial charge in [0.1, 0.15) is 30.4 Å². The number of cyclic esters (lactones) is 2. The van der Waals surface area contributed by atoms with Crippen LogP contribution < -0.4 is 0 Å². The van der Waals surface area contributed by atoms with E-state index >= 15 is 0 Å². The third-order valence-corrected chi connectivity index (χ3v) is 2.62. The molecular weight excluding hydrogens is 244 g/mol. The van der Waals surface area contributed by atoms with Gasteiger partial charge >= 0.3 is 6.16 Å². The summed E-state index contributed by atoms with van der Waals surface area (Å²) in [5.41, 5.74) is 1.76. The van der Waals surface area contributed by atoms with E-state index in [0.29, 0.717) is 6.42 Å². The first-order chi connectivity index (χ1) is 9.21. The van der Waals surface area contributed by atoms with E-state index in [0.717, 1.165) is 11.1 Å². The van der Waals surface area contributed by atoms with Gasteiger partial charge in [-0.05, 0) is 17.2 Å². The van der Waals surface area contributed by atoms with Crippen molar-refractivity contribution >= 4 is 12.2 Å². The van der Waals surface area contributed by atoms with Crippen LogP contribution in [-0.4, -0.2) is 18.9 Å². The van der Waals surface area contributed by atoms with Crippen molar-refractivity contribution in [2.24, 2.45) is 0 Å². The average molecular weight is 254 g/mol. The number of ether oxygens (including phenoxy) is 2. The topological polar surface area (TPSA) is 83.1 Å². The van der Waals surface area contributed by atoms with E-state index in [4.69, 9.17) is 20.0 Å². The van der Waals surface area contributed by atoms with E-state index in [1.807, 2.05) is 30.3 Å². The fourth-order valence-corrected chi connectivity index (χ4v) is 1.79. The van der Waals surface area contributed by atoms with Crippen LogP contribution in [0.15, 0.2) is 29.8 Å². The number of rotatable bonds is 3. The minimum absolute atomic E-state index is 0.0489. The molecule has 19 heavy (non-hydrogen) atoms. The standard InChI is InChI=1S/C14H10N2O3/c15-7-12(8-16)5-10-2-1-3-11(4-10)6-13-9-18-14(17)19-13/h1-5,13H,6,9H2. The Kier molecular flexibility index (Phi) is 3.80. The Morgan fingerprint density at radius 3 is 2.84 bits per heavy atom. The van der Waals surface area contributed by atoms with Gasteiger partial charge in [-0.15, -0.1) is 0 Å². The first kappa shape index (κ1) is 12.7. The predicted molar refractivity (Wildman–Crippen MR) is 65.6 cm³/mol. The van der Waals surface area contributed by atoms with Crippen molar-refractivity contribution < 1.29 is 14.3 Å². The Morgan fingerprint density at radius 1 is 1.42 bits per heavy atom. The second-order valence-corrected chi connectivity index (χ2v) is 4.03. The fourth-order valence-electron chi connectivity index (χ4n) is 1.79. The molecule has 0 spiro atoms. The zero-order valence-corrected chi connectivity index (χ0v) is 10.00. The normalized spacial score (nSPS) is 16.7. The van der Waals surface area contributed by atoms with Crippen molar-refractivity contribution in [2.45, 2.75) is 12.5 Å². The second-order valence-electron chi connectivity index (χ2n) is 4.03. The minimum atomic E-state index is -0.641. The predicted octanol–water partition coefficient (Wildman–Crippen LogP) is 2.20. The lowest BCUT2D eigenvalue weighted by molar-refractivity contribution is 0.118. The summed E-state index contributed by atoms with van der Waals surface area (Å²) in [6, 6.07) is 11.0. The van der Waals surface area contributed by atoms with E-state index in [9.17, 15) is 4.79 Å². The van der Waals surface area contributed by atoms with E-state index < -0.39 is 6.16 Å². The molecule has 0 radical (unpaired) electrons. The Bertz CT molecular complexity index is 592. The lowest BCUT2D eigenvalue weighted by Crippen LogP contribution is -2.13. The SMILES string of the molecule is N#CC(C#N)=Cc1cccc(CC2COC(=O)O2)c1. The number of hydrogen-bond acceptors (Lipinski definition) is 5. The number of carbonyl (C=O) groups excluding carboxylic acids is 1. The van der Waals surface area contributed by atoms with Crippen LogP contribution in [0.1, 0.15) is 11.1 Å². The van der Waals surface area contributed by atoms with Crippen molar-refractivity contribution in [3.05, 3.63) is 41.0 Å². The summed E-state index contributed by atoms with van der Waals surface area (Å²) in [5.74, 6) is 0. The maximum Gasteiger partial charge on any atom is 0.508 e. The monoisotopic (exact) mass is 254 g/mol. The number of carbonyl (C=O) groups is 1. The molecule has 1 aromatic carbocycles. The molecule has 1 aliphatic heterocycles. The largest absolute Gasteiger partial charge is 0.508 e. The van der Waals surface area contributed by atoms with E-state index in [2.05, 4.69) is 0 Å². The van der Waals surface area contributed by atoms with Gasteiger partial charge in [-0.25, -0.2) is 4.79 Å². The number of hydrogen-bond donors (Lipinski definition) is 0. The van der Waals surface area contributed by atoms with Crippen molar-refractivity contribution in [3.63, 3.8) is 0 Å². The van der Waals surface area contributed by atoms with Crippen molar-refractivity contribution in [2.75, 3.05) is 6.61 Å². The van der Waals surface area contributed by atoms with E-state index in [1.165, 1.54) is 6.08 Å². The van der Waals surface area contributed by atoms with E-state index in [1.54, 1.807) is 6.07 Å². The van der Waals surface area contributed by atoms with Crippen LogP contribution in [0.25, 0.3) is 6.08 Å². The van der Waals surface area contributed by atoms with Crippen molar-refractivity contribution in [3.8, 4) is 12.1 Å². The number of nitrogens with zero attached hydrogens (tertiary/aromatic N) is 2. The molecule has 94 valence electrons. The van der Waals surface area contributed by atoms with Crippen LogP contribution in [0, 0.1) is 22.7 Å². The molecular formula is C14H10N2O3. The van der Waals surface area contributed by atoms with E-state index in [-0.39, 0.29) is 18.3 Å². The quantitative estimate of drug-likeness (QED) is 0.609. The summed E-state index contributed by atoms with van der Waals surface area (Å²) in [4.78, 5) is 10.8. The molecule has 1 unspecified atom stereocenters. The summed E-state index contributed by atoms with van der Waals surface area (Å²) in [6.45, 7) is 0.251. The molecule has 1 fully saturated rings. The highest BCUT2D eigenvalue weighted by Crippen LogP contribution is 2.15. The molecule has 0 bridgehead atoms. The number of benzene rings is 1. The molecule has 1 atom stereocenters. The highest BCUT2D eigenvalue weighted by Gasteiger charge is 2.24. The van der Waals surface area contributed by atoms with Crippen LogP contribution in [0.2, 0.25) is 0 Å². The molecule has 5 heteroatoms. The van der Waals surface area contributed by atoms with Gasteiger partial charge < -0.3 is 9.47 Å². The van der Waals surface area contributed by atoms with Gasteiger partial charge in [-0.2, -0.15) is 10.5 Å². The molecule has 1 aromatic rings. The zero-order valence-electron chi connectivity index (χ0n) is 10.00. The lowest BCUT2D eigenvalue weighted by Gasteiger charge is -2.06. The molecule has 2 rings (SSSR count). The number of allylic oxidation sites excluding steroid dienone is 1. The summed E-state index contributed by atoms with van der Waals surface area (Å²) in [7, 11) is 0. The van der Waals surface area contributed by atoms with Crippen LogP contribution in [0.5, 0.6) is 0 Å².